The fraction of sp³-hybridized carbons (Fsp3) is 0.857. The van der Waals surface area contributed by atoms with Crippen molar-refractivity contribution in [2.75, 3.05) is 64.1 Å². The van der Waals surface area contributed by atoms with Crippen LogP contribution in [0.2, 0.25) is 0 Å². The molecule has 24 heavy (non-hydrogen) atoms. The molecule has 2 saturated heterocycles. The summed E-state index contributed by atoms with van der Waals surface area (Å²) in [5.41, 5.74) is 11.9. The van der Waals surface area contributed by atoms with Gasteiger partial charge in [0.1, 0.15) is 0 Å². The van der Waals surface area contributed by atoms with E-state index in [4.69, 9.17) is 20.9 Å². The first-order valence-corrected chi connectivity index (χ1v) is 10.6. The largest absolute Gasteiger partial charge is 0.378 e. The van der Waals surface area contributed by atoms with Crippen LogP contribution in [0.15, 0.2) is 0 Å². The minimum absolute atomic E-state index is 0.0416. The van der Waals surface area contributed by atoms with Crippen molar-refractivity contribution in [1.82, 2.24) is 9.80 Å². The van der Waals surface area contributed by atoms with Crippen LogP contribution in [-0.4, -0.2) is 97.8 Å². The average molecular weight is 379 g/mol. The zero-order chi connectivity index (χ0) is 17.4. The summed E-state index contributed by atoms with van der Waals surface area (Å²) in [7, 11) is 2.97. The Hall–Kier alpha value is -0.520. The summed E-state index contributed by atoms with van der Waals surface area (Å²) in [4.78, 5) is 27.8. The monoisotopic (exact) mass is 378 g/mol. The molecule has 0 saturated carbocycles. The number of carbonyl (C=O) groups excluding carboxylic acids is 2. The van der Waals surface area contributed by atoms with Crippen molar-refractivity contribution in [1.29, 1.82) is 0 Å². The summed E-state index contributed by atoms with van der Waals surface area (Å²) in [6, 6.07) is -1.07. The third kappa shape index (κ3) is 6.08. The number of amides is 2. The van der Waals surface area contributed by atoms with Gasteiger partial charge in [0.25, 0.3) is 0 Å². The quantitative estimate of drug-likeness (QED) is 0.417. The maximum atomic E-state index is 12.2. The maximum absolute atomic E-state index is 12.2. The van der Waals surface area contributed by atoms with E-state index in [1.54, 1.807) is 9.80 Å². The zero-order valence-electron chi connectivity index (χ0n) is 13.7. The van der Waals surface area contributed by atoms with Crippen LogP contribution in [0.1, 0.15) is 0 Å². The molecule has 2 heterocycles. The lowest BCUT2D eigenvalue weighted by molar-refractivity contribution is -0.136. The van der Waals surface area contributed by atoms with Gasteiger partial charge in [-0.15, -0.1) is 0 Å². The highest BCUT2D eigenvalue weighted by Crippen LogP contribution is 2.23. The van der Waals surface area contributed by atoms with Crippen molar-refractivity contribution < 1.29 is 19.1 Å². The Balaban J connectivity index is 1.60. The van der Waals surface area contributed by atoms with E-state index in [1.165, 1.54) is 21.6 Å². The zero-order valence-corrected chi connectivity index (χ0v) is 15.4. The molecule has 0 aliphatic carbocycles. The van der Waals surface area contributed by atoms with Crippen molar-refractivity contribution >= 4 is 33.4 Å². The molecule has 0 aromatic heterocycles. The highest BCUT2D eigenvalue weighted by molar-refractivity contribution is 8.76. The van der Waals surface area contributed by atoms with E-state index in [0.29, 0.717) is 64.1 Å². The van der Waals surface area contributed by atoms with Crippen LogP contribution in [0.3, 0.4) is 0 Å². The van der Waals surface area contributed by atoms with Gasteiger partial charge in [-0.2, -0.15) is 0 Å². The van der Waals surface area contributed by atoms with E-state index in [2.05, 4.69) is 0 Å². The molecule has 8 nitrogen and oxygen atoms in total. The molecule has 2 atom stereocenters. The minimum atomic E-state index is -0.535. The fourth-order valence-electron chi connectivity index (χ4n) is 2.42. The lowest BCUT2D eigenvalue weighted by atomic mass is 10.3. The molecule has 10 heteroatoms. The molecule has 0 aromatic carbocycles. The normalized spacial score (nSPS) is 21.4. The molecule has 2 amide bonds. The van der Waals surface area contributed by atoms with E-state index in [-0.39, 0.29) is 11.8 Å². The Morgan fingerprint density at radius 3 is 1.46 bits per heavy atom. The number of nitrogens with zero attached hydrogens (tertiary/aromatic N) is 2. The van der Waals surface area contributed by atoms with Gasteiger partial charge in [0.2, 0.25) is 11.8 Å². The second-order valence-corrected chi connectivity index (χ2v) is 8.21. The lowest BCUT2D eigenvalue weighted by Crippen LogP contribution is -2.50. The van der Waals surface area contributed by atoms with Crippen molar-refractivity contribution in [3.05, 3.63) is 0 Å². The number of carbonyl (C=O) groups is 2. The van der Waals surface area contributed by atoms with Gasteiger partial charge in [-0.05, 0) is 0 Å². The summed E-state index contributed by atoms with van der Waals surface area (Å²) in [6.45, 7) is 4.68. The first-order valence-electron chi connectivity index (χ1n) is 8.08. The summed E-state index contributed by atoms with van der Waals surface area (Å²) < 4.78 is 10.5. The molecule has 0 bridgehead atoms. The summed E-state index contributed by atoms with van der Waals surface area (Å²) in [5, 5.41) is 0. The number of hydrogen-bond donors (Lipinski definition) is 2. The van der Waals surface area contributed by atoms with Crippen LogP contribution >= 0.6 is 21.6 Å². The van der Waals surface area contributed by atoms with Crippen LogP contribution < -0.4 is 11.5 Å². The van der Waals surface area contributed by atoms with Gasteiger partial charge in [0, 0.05) is 37.7 Å². The highest BCUT2D eigenvalue weighted by atomic mass is 33.1. The number of rotatable bonds is 7. The second kappa shape index (κ2) is 10.5. The second-order valence-electron chi connectivity index (χ2n) is 5.66. The number of hydrogen-bond acceptors (Lipinski definition) is 8. The van der Waals surface area contributed by atoms with Gasteiger partial charge >= 0.3 is 0 Å². The van der Waals surface area contributed by atoms with E-state index in [9.17, 15) is 9.59 Å². The van der Waals surface area contributed by atoms with Gasteiger partial charge in [-0.3, -0.25) is 9.59 Å². The minimum Gasteiger partial charge on any atom is -0.378 e. The standard InChI is InChI=1S/C14H26N4O4S2/c15-11(13(19)17-1-5-21-6-2-17)9-23-24-10-12(16)14(20)18-3-7-22-8-4-18/h11-12H,1-10,15-16H2/t11-,12-/m0/s1. The third-order valence-electron chi connectivity index (χ3n) is 3.86. The molecule has 2 aliphatic heterocycles. The molecule has 0 spiro atoms. The molecule has 0 radical (unpaired) electrons. The van der Waals surface area contributed by atoms with Gasteiger partial charge in [0.15, 0.2) is 0 Å². The van der Waals surface area contributed by atoms with Gasteiger partial charge in [-0.25, -0.2) is 0 Å². The smallest absolute Gasteiger partial charge is 0.240 e. The van der Waals surface area contributed by atoms with Crippen LogP contribution in [0, 0.1) is 0 Å². The van der Waals surface area contributed by atoms with E-state index >= 15 is 0 Å². The highest BCUT2D eigenvalue weighted by Gasteiger charge is 2.25. The maximum Gasteiger partial charge on any atom is 0.240 e. The molecule has 2 rings (SSSR count). The summed E-state index contributed by atoms with van der Waals surface area (Å²) >= 11 is 0. The predicted octanol–water partition coefficient (Wildman–Crippen LogP) is -1.26. The van der Waals surface area contributed by atoms with Crippen molar-refractivity contribution in [2.24, 2.45) is 11.5 Å². The van der Waals surface area contributed by atoms with E-state index < -0.39 is 12.1 Å². The first-order chi connectivity index (χ1) is 11.6. The Kier molecular flexibility index (Phi) is 8.63. The number of morpholine rings is 2. The molecular weight excluding hydrogens is 352 g/mol. The molecule has 0 aromatic rings. The van der Waals surface area contributed by atoms with Crippen LogP contribution in [0.25, 0.3) is 0 Å². The lowest BCUT2D eigenvalue weighted by Gasteiger charge is -2.29. The Bertz CT molecular complexity index is 380. The van der Waals surface area contributed by atoms with Crippen molar-refractivity contribution in [2.45, 2.75) is 12.1 Å². The van der Waals surface area contributed by atoms with Crippen LogP contribution in [0.5, 0.6) is 0 Å². The predicted molar refractivity (Wildman–Crippen MR) is 95.7 cm³/mol. The Morgan fingerprint density at radius 1 is 0.792 bits per heavy atom. The molecule has 2 aliphatic rings. The van der Waals surface area contributed by atoms with Crippen LogP contribution in [0.4, 0.5) is 0 Å². The van der Waals surface area contributed by atoms with Gasteiger partial charge in [-0.1, -0.05) is 21.6 Å². The number of ether oxygens (including phenoxy) is 2. The van der Waals surface area contributed by atoms with Crippen LogP contribution in [-0.2, 0) is 19.1 Å². The summed E-state index contributed by atoms with van der Waals surface area (Å²) in [5.74, 6) is 0.915. The third-order valence-corrected chi connectivity index (χ3v) is 6.33. The topological polar surface area (TPSA) is 111 Å². The number of nitrogens with two attached hydrogens (primary N) is 2. The van der Waals surface area contributed by atoms with E-state index in [1.807, 2.05) is 0 Å². The molecular formula is C14H26N4O4S2. The van der Waals surface area contributed by atoms with Crippen molar-refractivity contribution in [3.8, 4) is 0 Å². The molecule has 138 valence electrons. The molecule has 2 fully saturated rings. The average Bonchev–Trinajstić information content (AvgIpc) is 2.65. The SMILES string of the molecule is N[C@@H](CSSC[C@H](N)C(=O)N1CCOCC1)C(=O)N1CCOCC1. The molecule has 0 unspecified atom stereocenters. The van der Waals surface area contributed by atoms with Gasteiger partial charge in [0.05, 0.1) is 38.5 Å². The first kappa shape index (κ1) is 19.8. The Morgan fingerprint density at radius 2 is 1.12 bits per heavy atom. The summed E-state index contributed by atoms with van der Waals surface area (Å²) in [6.07, 6.45) is 0. The Labute approximate surface area is 150 Å². The molecule has 4 N–H and O–H groups in total. The van der Waals surface area contributed by atoms with Crippen molar-refractivity contribution in [3.63, 3.8) is 0 Å². The van der Waals surface area contributed by atoms with Gasteiger partial charge < -0.3 is 30.7 Å². The van der Waals surface area contributed by atoms with E-state index in [0.717, 1.165) is 0 Å². The fourth-order valence-corrected chi connectivity index (χ4v) is 4.65.